The highest BCUT2D eigenvalue weighted by Gasteiger charge is 2.31. The molecule has 1 aromatic carbocycles. The lowest BCUT2D eigenvalue weighted by molar-refractivity contribution is -0.152. The SMILES string of the molecule is CC(C)(Oc1cccc(F)c1C(=O)O)C(=O)O. The molecular weight excluding hydrogens is 231 g/mol. The van der Waals surface area contributed by atoms with Gasteiger partial charge in [0.05, 0.1) is 0 Å². The standard InChI is InChI=1S/C11H11FO5/c1-11(2,10(15)16)17-7-5-3-4-6(12)8(7)9(13)14/h3-5H,1-2H3,(H,13,14)(H,15,16). The van der Waals surface area contributed by atoms with E-state index in [0.717, 1.165) is 6.07 Å². The van der Waals surface area contributed by atoms with E-state index in [1.807, 2.05) is 0 Å². The minimum Gasteiger partial charge on any atom is -0.478 e. The largest absolute Gasteiger partial charge is 0.478 e. The Hall–Kier alpha value is -2.11. The van der Waals surface area contributed by atoms with Crippen LogP contribution in [0.5, 0.6) is 5.75 Å². The minimum absolute atomic E-state index is 0.315. The lowest BCUT2D eigenvalue weighted by atomic mass is 10.1. The summed E-state index contributed by atoms with van der Waals surface area (Å²) in [6.45, 7) is 2.48. The van der Waals surface area contributed by atoms with Gasteiger partial charge in [-0.1, -0.05) is 6.07 Å². The molecule has 0 aliphatic rings. The second-order valence-electron chi connectivity index (χ2n) is 3.84. The van der Waals surface area contributed by atoms with E-state index in [-0.39, 0.29) is 5.75 Å². The molecule has 0 atom stereocenters. The maximum absolute atomic E-state index is 13.3. The van der Waals surface area contributed by atoms with Gasteiger partial charge in [-0.15, -0.1) is 0 Å². The van der Waals surface area contributed by atoms with Crippen LogP contribution < -0.4 is 4.74 Å². The third-order valence-electron chi connectivity index (χ3n) is 2.07. The normalized spacial score (nSPS) is 11.0. The summed E-state index contributed by atoms with van der Waals surface area (Å²) in [4.78, 5) is 21.7. The number of aliphatic carboxylic acids is 1. The Balaban J connectivity index is 3.20. The minimum atomic E-state index is -1.64. The molecule has 0 saturated carbocycles. The molecule has 5 nitrogen and oxygen atoms in total. The van der Waals surface area contributed by atoms with Crippen molar-refractivity contribution < 1.29 is 28.9 Å². The Morgan fingerprint density at radius 2 is 1.88 bits per heavy atom. The van der Waals surface area contributed by atoms with Crippen molar-refractivity contribution in [3.63, 3.8) is 0 Å². The van der Waals surface area contributed by atoms with Crippen molar-refractivity contribution >= 4 is 11.9 Å². The molecule has 92 valence electrons. The van der Waals surface area contributed by atoms with Crippen LogP contribution in [0.4, 0.5) is 4.39 Å². The van der Waals surface area contributed by atoms with Gasteiger partial charge in [-0.2, -0.15) is 0 Å². The highest BCUT2D eigenvalue weighted by molar-refractivity contribution is 5.91. The molecule has 0 amide bonds. The fourth-order valence-corrected chi connectivity index (χ4v) is 1.12. The summed E-state index contributed by atoms with van der Waals surface area (Å²) in [5.74, 6) is -4.08. The van der Waals surface area contributed by atoms with Crippen LogP contribution in [0.1, 0.15) is 24.2 Å². The van der Waals surface area contributed by atoms with Crippen LogP contribution in [-0.2, 0) is 4.79 Å². The van der Waals surface area contributed by atoms with Crippen molar-refractivity contribution in [3.8, 4) is 5.75 Å². The van der Waals surface area contributed by atoms with Gasteiger partial charge in [0, 0.05) is 0 Å². The smallest absolute Gasteiger partial charge is 0.347 e. The molecule has 2 N–H and O–H groups in total. The fraction of sp³-hybridized carbons (Fsp3) is 0.273. The molecule has 0 spiro atoms. The molecule has 0 saturated heterocycles. The van der Waals surface area contributed by atoms with E-state index >= 15 is 0 Å². The number of halogens is 1. The first kappa shape index (κ1) is 13.0. The molecular formula is C11H11FO5. The topological polar surface area (TPSA) is 83.8 Å². The molecule has 6 heteroatoms. The lowest BCUT2D eigenvalue weighted by Crippen LogP contribution is -2.38. The number of benzene rings is 1. The zero-order valence-electron chi connectivity index (χ0n) is 9.23. The van der Waals surface area contributed by atoms with Gasteiger partial charge in [0.15, 0.2) is 5.60 Å². The van der Waals surface area contributed by atoms with Gasteiger partial charge in [0.25, 0.3) is 0 Å². The molecule has 0 unspecified atom stereocenters. The van der Waals surface area contributed by atoms with E-state index in [4.69, 9.17) is 14.9 Å². The zero-order chi connectivity index (χ0) is 13.2. The first-order valence-electron chi connectivity index (χ1n) is 4.70. The first-order chi connectivity index (χ1) is 7.75. The van der Waals surface area contributed by atoms with Crippen LogP contribution >= 0.6 is 0 Å². The summed E-state index contributed by atoms with van der Waals surface area (Å²) < 4.78 is 18.3. The van der Waals surface area contributed by atoms with Crippen LogP contribution in [0, 0.1) is 5.82 Å². The van der Waals surface area contributed by atoms with Crippen LogP contribution in [0.2, 0.25) is 0 Å². The predicted molar refractivity (Wildman–Crippen MR) is 55.7 cm³/mol. The quantitative estimate of drug-likeness (QED) is 0.840. The third-order valence-corrected chi connectivity index (χ3v) is 2.07. The summed E-state index contributed by atoms with van der Waals surface area (Å²) in [6, 6.07) is 3.41. The second-order valence-corrected chi connectivity index (χ2v) is 3.84. The zero-order valence-corrected chi connectivity index (χ0v) is 9.23. The maximum atomic E-state index is 13.3. The van der Waals surface area contributed by atoms with Gasteiger partial charge < -0.3 is 14.9 Å². The Labute approximate surface area is 96.4 Å². The Morgan fingerprint density at radius 1 is 1.29 bits per heavy atom. The van der Waals surface area contributed by atoms with Crippen molar-refractivity contribution in [2.45, 2.75) is 19.4 Å². The van der Waals surface area contributed by atoms with Crippen LogP contribution in [-0.4, -0.2) is 27.8 Å². The molecule has 0 heterocycles. The number of hydrogen-bond donors (Lipinski definition) is 2. The fourth-order valence-electron chi connectivity index (χ4n) is 1.12. The van der Waals surface area contributed by atoms with Gasteiger partial charge in [0.1, 0.15) is 17.1 Å². The Bertz CT molecular complexity index is 467. The summed E-state index contributed by atoms with van der Waals surface area (Å²) in [6.07, 6.45) is 0. The summed E-state index contributed by atoms with van der Waals surface area (Å²) in [7, 11) is 0. The average molecular weight is 242 g/mol. The number of carbonyl (C=O) groups is 2. The highest BCUT2D eigenvalue weighted by Crippen LogP contribution is 2.25. The second kappa shape index (κ2) is 4.40. The van der Waals surface area contributed by atoms with E-state index in [2.05, 4.69) is 0 Å². The molecule has 0 fully saturated rings. The number of aromatic carboxylic acids is 1. The van der Waals surface area contributed by atoms with Crippen molar-refractivity contribution in [2.24, 2.45) is 0 Å². The van der Waals surface area contributed by atoms with Crippen molar-refractivity contribution in [1.82, 2.24) is 0 Å². The third kappa shape index (κ3) is 2.72. The van der Waals surface area contributed by atoms with Crippen LogP contribution in [0.25, 0.3) is 0 Å². The lowest BCUT2D eigenvalue weighted by Gasteiger charge is -2.22. The first-order valence-corrected chi connectivity index (χ1v) is 4.70. The molecule has 0 aliphatic carbocycles. The molecule has 0 bridgehead atoms. The molecule has 0 aromatic heterocycles. The average Bonchev–Trinajstić information content (AvgIpc) is 2.15. The monoisotopic (exact) mass is 242 g/mol. The van der Waals surface area contributed by atoms with E-state index in [9.17, 15) is 14.0 Å². The highest BCUT2D eigenvalue weighted by atomic mass is 19.1. The van der Waals surface area contributed by atoms with Crippen molar-refractivity contribution in [2.75, 3.05) is 0 Å². The molecule has 1 aromatic rings. The van der Waals surface area contributed by atoms with Crippen molar-refractivity contribution in [1.29, 1.82) is 0 Å². The summed E-state index contributed by atoms with van der Waals surface area (Å²) in [5.41, 5.74) is -2.32. The molecule has 0 aliphatic heterocycles. The number of rotatable bonds is 4. The Kier molecular flexibility index (Phi) is 3.36. The predicted octanol–water partition coefficient (Wildman–Crippen LogP) is 1.77. The summed E-state index contributed by atoms with van der Waals surface area (Å²) >= 11 is 0. The van der Waals surface area contributed by atoms with E-state index in [0.29, 0.717) is 0 Å². The Morgan fingerprint density at radius 3 is 2.35 bits per heavy atom. The number of carboxylic acids is 2. The van der Waals surface area contributed by atoms with Crippen LogP contribution in [0.15, 0.2) is 18.2 Å². The van der Waals surface area contributed by atoms with Gasteiger partial charge in [-0.25, -0.2) is 14.0 Å². The molecule has 17 heavy (non-hydrogen) atoms. The van der Waals surface area contributed by atoms with E-state index in [1.54, 1.807) is 0 Å². The van der Waals surface area contributed by atoms with Gasteiger partial charge >= 0.3 is 11.9 Å². The molecule has 0 radical (unpaired) electrons. The van der Waals surface area contributed by atoms with Crippen molar-refractivity contribution in [3.05, 3.63) is 29.6 Å². The van der Waals surface area contributed by atoms with Gasteiger partial charge in [-0.05, 0) is 26.0 Å². The number of ether oxygens (including phenoxy) is 1. The number of carboxylic acid groups (broad SMARTS) is 2. The number of hydrogen-bond acceptors (Lipinski definition) is 3. The van der Waals surface area contributed by atoms with E-state index in [1.165, 1.54) is 26.0 Å². The van der Waals surface area contributed by atoms with Gasteiger partial charge in [-0.3, -0.25) is 0 Å². The van der Waals surface area contributed by atoms with Crippen LogP contribution in [0.3, 0.4) is 0 Å². The molecule has 1 rings (SSSR count). The van der Waals surface area contributed by atoms with Gasteiger partial charge in [0.2, 0.25) is 0 Å². The van der Waals surface area contributed by atoms with E-state index < -0.39 is 28.9 Å². The summed E-state index contributed by atoms with van der Waals surface area (Å²) in [5, 5.41) is 17.6. The maximum Gasteiger partial charge on any atom is 0.347 e.